The molecular weight excluding hydrogens is 470 g/mol. The van der Waals surface area contributed by atoms with Crippen LogP contribution in [0.1, 0.15) is 50.3 Å². The minimum Gasteiger partial charge on any atom is -0.452 e. The number of nitrogens with zero attached hydrogens (tertiary/aromatic N) is 6. The highest BCUT2D eigenvalue weighted by Crippen LogP contribution is 2.39. The summed E-state index contributed by atoms with van der Waals surface area (Å²) in [6.07, 6.45) is 8.72. The minimum atomic E-state index is -0.362. The summed E-state index contributed by atoms with van der Waals surface area (Å²) in [5, 5.41) is 14.8. The molecule has 1 aliphatic rings. The molecule has 1 aliphatic heterocycles. The Bertz CT molecular complexity index is 1650. The molecule has 2 N–H and O–H groups in total. The zero-order chi connectivity index (χ0) is 26.3. The van der Waals surface area contributed by atoms with Gasteiger partial charge in [-0.05, 0) is 38.3 Å². The lowest BCUT2D eigenvalue weighted by Gasteiger charge is -2.34. The van der Waals surface area contributed by atoms with E-state index in [0.717, 1.165) is 6.42 Å². The van der Waals surface area contributed by atoms with Gasteiger partial charge in [-0.1, -0.05) is 6.92 Å². The van der Waals surface area contributed by atoms with Crippen LogP contribution in [0.4, 0.5) is 0 Å². The lowest BCUT2D eigenvalue weighted by Crippen LogP contribution is -2.37. The number of nitrogens with two attached hydrogens (primary N) is 1. The summed E-state index contributed by atoms with van der Waals surface area (Å²) in [5.74, 6) is 0. The standard InChI is InChI=1S/C27H29N7O3/c1-5-20-8-19(6-15(2)36-20)34-25-22-9-21(17(11-29)12-30-3)16(10-28)7-23(22)37-26(25)24(32-27(34)35)18-13-31-33(4)14-18/h7,9,11-15,19-20H,5-6,8,29H2,1-4H3/b17-11+,30-12?. The van der Waals surface area contributed by atoms with Crippen LogP contribution in [0.15, 0.2) is 44.9 Å². The number of furan rings is 1. The van der Waals surface area contributed by atoms with Crippen molar-refractivity contribution in [2.24, 2.45) is 17.8 Å². The monoisotopic (exact) mass is 499 g/mol. The van der Waals surface area contributed by atoms with Crippen molar-refractivity contribution in [3.63, 3.8) is 0 Å². The molecule has 10 nitrogen and oxygen atoms in total. The molecular formula is C27H29N7O3. The average molecular weight is 500 g/mol. The van der Waals surface area contributed by atoms with Crippen LogP contribution < -0.4 is 11.4 Å². The molecule has 0 aliphatic carbocycles. The van der Waals surface area contributed by atoms with E-state index < -0.39 is 0 Å². The van der Waals surface area contributed by atoms with Crippen molar-refractivity contribution in [3.8, 4) is 17.3 Å². The maximum absolute atomic E-state index is 13.7. The average Bonchev–Trinajstić information content (AvgIpc) is 3.48. The molecule has 1 aromatic carbocycles. The van der Waals surface area contributed by atoms with Gasteiger partial charge in [0.25, 0.3) is 0 Å². The third-order valence-electron chi connectivity index (χ3n) is 6.91. The van der Waals surface area contributed by atoms with Gasteiger partial charge in [0.2, 0.25) is 0 Å². The van der Waals surface area contributed by atoms with Gasteiger partial charge in [0.1, 0.15) is 16.8 Å². The number of fused-ring (bicyclic) bond motifs is 3. The maximum atomic E-state index is 13.7. The van der Waals surface area contributed by atoms with Crippen molar-refractivity contribution < 1.29 is 9.15 Å². The molecule has 1 fully saturated rings. The largest absolute Gasteiger partial charge is 0.452 e. The van der Waals surface area contributed by atoms with E-state index in [9.17, 15) is 10.1 Å². The Balaban J connectivity index is 1.88. The Kier molecular flexibility index (Phi) is 6.39. The molecule has 3 aromatic heterocycles. The van der Waals surface area contributed by atoms with Gasteiger partial charge in [0.05, 0.1) is 30.0 Å². The molecule has 4 aromatic rings. The Morgan fingerprint density at radius 2 is 2.19 bits per heavy atom. The fourth-order valence-electron chi connectivity index (χ4n) is 5.27. The first-order chi connectivity index (χ1) is 17.9. The van der Waals surface area contributed by atoms with Crippen molar-refractivity contribution >= 4 is 33.9 Å². The second-order valence-corrected chi connectivity index (χ2v) is 9.41. The summed E-state index contributed by atoms with van der Waals surface area (Å²) in [6.45, 7) is 4.11. The lowest BCUT2D eigenvalue weighted by atomic mass is 9.96. The smallest absolute Gasteiger partial charge is 0.349 e. The van der Waals surface area contributed by atoms with Crippen LogP contribution in [0.3, 0.4) is 0 Å². The zero-order valence-electron chi connectivity index (χ0n) is 21.3. The predicted molar refractivity (Wildman–Crippen MR) is 142 cm³/mol. The van der Waals surface area contributed by atoms with Gasteiger partial charge in [0, 0.05) is 60.8 Å². The fraction of sp³-hybridized carbons (Fsp3) is 0.370. The normalized spacial score (nSPS) is 20.7. The van der Waals surface area contributed by atoms with E-state index in [1.54, 1.807) is 48.0 Å². The summed E-state index contributed by atoms with van der Waals surface area (Å²) in [6, 6.07) is 5.64. The molecule has 37 heavy (non-hydrogen) atoms. The molecule has 0 bridgehead atoms. The van der Waals surface area contributed by atoms with Crippen molar-refractivity contribution in [2.45, 2.75) is 51.4 Å². The van der Waals surface area contributed by atoms with E-state index in [-0.39, 0.29) is 23.9 Å². The predicted octanol–water partition coefficient (Wildman–Crippen LogP) is 3.93. The molecule has 3 atom stereocenters. The van der Waals surface area contributed by atoms with Gasteiger partial charge < -0.3 is 14.9 Å². The summed E-state index contributed by atoms with van der Waals surface area (Å²) < 4.78 is 15.8. The maximum Gasteiger partial charge on any atom is 0.349 e. The zero-order valence-corrected chi connectivity index (χ0v) is 21.3. The fourth-order valence-corrected chi connectivity index (χ4v) is 5.27. The molecule has 190 valence electrons. The van der Waals surface area contributed by atoms with E-state index in [1.807, 2.05) is 13.0 Å². The number of aryl methyl sites for hydroxylation is 1. The molecule has 0 spiro atoms. The Labute approximate surface area is 213 Å². The van der Waals surface area contributed by atoms with Crippen LogP contribution in [-0.4, -0.2) is 44.8 Å². The SMILES string of the molecule is CCC1CC(n2c(=O)nc(-c3cnn(C)c3)c3oc4cc(C#N)c(/C(C=NC)=C/N)cc4c32)CC(C)O1. The summed E-state index contributed by atoms with van der Waals surface area (Å²) in [5.41, 5.74) is 9.80. The van der Waals surface area contributed by atoms with Crippen molar-refractivity contribution in [3.05, 3.63) is 52.3 Å². The van der Waals surface area contributed by atoms with Gasteiger partial charge in [-0.15, -0.1) is 0 Å². The van der Waals surface area contributed by atoms with Crippen LogP contribution >= 0.6 is 0 Å². The number of aliphatic imine (C=N–C) groups is 1. The Hall–Kier alpha value is -4.23. The van der Waals surface area contributed by atoms with Gasteiger partial charge in [-0.25, -0.2) is 4.79 Å². The molecule has 1 saturated heterocycles. The first kappa shape index (κ1) is 24.5. The number of allylic oxidation sites excluding steroid dienone is 1. The van der Waals surface area contributed by atoms with E-state index >= 15 is 0 Å². The lowest BCUT2D eigenvalue weighted by molar-refractivity contribution is -0.0594. The Morgan fingerprint density at radius 1 is 1.38 bits per heavy atom. The quantitative estimate of drug-likeness (QED) is 0.411. The summed E-state index contributed by atoms with van der Waals surface area (Å²) in [4.78, 5) is 22.3. The minimum absolute atomic E-state index is 0.00453. The van der Waals surface area contributed by atoms with Gasteiger partial charge in [-0.2, -0.15) is 15.3 Å². The number of hydrogen-bond donors (Lipinski definition) is 1. The van der Waals surface area contributed by atoms with Crippen molar-refractivity contribution in [1.82, 2.24) is 19.3 Å². The van der Waals surface area contributed by atoms with E-state index in [0.29, 0.717) is 62.9 Å². The molecule has 4 heterocycles. The molecule has 3 unspecified atom stereocenters. The van der Waals surface area contributed by atoms with Crippen molar-refractivity contribution in [2.75, 3.05) is 7.05 Å². The van der Waals surface area contributed by atoms with Crippen LogP contribution in [0, 0.1) is 11.3 Å². The molecule has 0 saturated carbocycles. The third-order valence-corrected chi connectivity index (χ3v) is 6.91. The second-order valence-electron chi connectivity index (χ2n) is 9.41. The highest BCUT2D eigenvalue weighted by Gasteiger charge is 2.31. The van der Waals surface area contributed by atoms with E-state index in [1.165, 1.54) is 6.20 Å². The third kappa shape index (κ3) is 4.21. The Morgan fingerprint density at radius 3 is 2.84 bits per heavy atom. The van der Waals surface area contributed by atoms with Gasteiger partial charge in [-0.3, -0.25) is 14.2 Å². The number of nitriles is 1. The van der Waals surface area contributed by atoms with Crippen LogP contribution in [-0.2, 0) is 11.8 Å². The summed E-state index contributed by atoms with van der Waals surface area (Å²) >= 11 is 0. The second kappa shape index (κ2) is 9.67. The van der Waals surface area contributed by atoms with E-state index in [2.05, 4.69) is 28.1 Å². The highest BCUT2D eigenvalue weighted by atomic mass is 16.5. The number of ether oxygens (including phenoxy) is 1. The first-order valence-electron chi connectivity index (χ1n) is 12.3. The molecule has 10 heteroatoms. The number of benzene rings is 1. The first-order valence-corrected chi connectivity index (χ1v) is 12.3. The number of aromatic nitrogens is 4. The molecule has 0 amide bonds. The van der Waals surface area contributed by atoms with Crippen molar-refractivity contribution in [1.29, 1.82) is 5.26 Å². The highest BCUT2D eigenvalue weighted by molar-refractivity contribution is 6.14. The summed E-state index contributed by atoms with van der Waals surface area (Å²) in [7, 11) is 3.44. The van der Waals surface area contributed by atoms with Gasteiger partial charge in [0.15, 0.2) is 5.58 Å². The topological polar surface area (TPSA) is 137 Å². The van der Waals surface area contributed by atoms with Gasteiger partial charge >= 0.3 is 5.69 Å². The van der Waals surface area contributed by atoms with E-state index in [4.69, 9.17) is 14.9 Å². The van der Waals surface area contributed by atoms with Crippen LogP contribution in [0.5, 0.6) is 0 Å². The van der Waals surface area contributed by atoms with Crippen LogP contribution in [0.25, 0.3) is 38.9 Å². The van der Waals surface area contributed by atoms with Crippen LogP contribution in [0.2, 0.25) is 0 Å². The molecule has 0 radical (unpaired) electrons. The molecule has 5 rings (SSSR count). The number of rotatable bonds is 5. The number of hydrogen-bond acceptors (Lipinski definition) is 8.